The van der Waals surface area contributed by atoms with Gasteiger partial charge in [-0.3, -0.25) is 4.79 Å². The van der Waals surface area contributed by atoms with Gasteiger partial charge in [-0.1, -0.05) is 93.2 Å². The Kier molecular flexibility index (Phi) is 8.69. The van der Waals surface area contributed by atoms with Crippen LogP contribution < -0.4 is 16.0 Å². The molecular formula is C22H18Br2Cl3N3OS. The third-order valence-electron chi connectivity index (χ3n) is 4.63. The fourth-order valence-electron chi connectivity index (χ4n) is 3.17. The second kappa shape index (κ2) is 10.9. The maximum absolute atomic E-state index is 12.8. The van der Waals surface area contributed by atoms with Crippen LogP contribution in [0.4, 0.5) is 5.69 Å². The highest BCUT2D eigenvalue weighted by Gasteiger charge is 2.34. The zero-order valence-electron chi connectivity index (χ0n) is 16.7. The summed E-state index contributed by atoms with van der Waals surface area (Å²) in [5.74, 6) is -0.311. The van der Waals surface area contributed by atoms with Gasteiger partial charge in [0, 0.05) is 8.95 Å². The molecule has 0 aliphatic carbocycles. The Balaban J connectivity index is 1.71. The lowest BCUT2D eigenvalue weighted by molar-refractivity contribution is -0.121. The first kappa shape index (κ1) is 25.5. The number of benzene rings is 3. The van der Waals surface area contributed by atoms with Crippen molar-refractivity contribution in [1.29, 1.82) is 0 Å². The molecule has 0 aliphatic heterocycles. The van der Waals surface area contributed by atoms with Gasteiger partial charge in [0.05, 0.1) is 12.1 Å². The maximum Gasteiger partial charge on any atom is 0.228 e. The standard InChI is InChI=1S/C22H18Br2Cl3N3OS/c1-12-9-15(23)11-17(24)19(12)29-21(32)30-20(22(25,26)27)28-18(31)10-14-7-4-6-13-5-2-3-8-16(13)14/h2-9,11,20H,10H2,1H3,(H,28,31)(H2,29,30,32)/t20-/m1/s1. The molecule has 1 atom stereocenters. The number of hydrogen-bond donors (Lipinski definition) is 3. The molecular weight excluding hydrogens is 620 g/mol. The summed E-state index contributed by atoms with van der Waals surface area (Å²) >= 11 is 30.7. The minimum absolute atomic E-state index is 0.123. The van der Waals surface area contributed by atoms with Crippen LogP contribution in [-0.4, -0.2) is 21.0 Å². The Hall–Kier alpha value is -1.09. The van der Waals surface area contributed by atoms with Gasteiger partial charge in [0.1, 0.15) is 6.17 Å². The van der Waals surface area contributed by atoms with E-state index in [1.165, 1.54) is 0 Å². The molecule has 0 heterocycles. The summed E-state index contributed by atoms with van der Waals surface area (Å²) in [5.41, 5.74) is 2.58. The molecule has 0 unspecified atom stereocenters. The van der Waals surface area contributed by atoms with Crippen molar-refractivity contribution in [2.24, 2.45) is 0 Å². The molecule has 3 aromatic carbocycles. The normalized spacial score (nSPS) is 12.3. The molecule has 3 N–H and O–H groups in total. The Morgan fingerprint density at radius 3 is 2.44 bits per heavy atom. The Labute approximate surface area is 223 Å². The molecule has 3 aromatic rings. The van der Waals surface area contributed by atoms with Gasteiger partial charge in [-0.2, -0.15) is 0 Å². The summed E-state index contributed by atoms with van der Waals surface area (Å²) < 4.78 is -0.114. The Morgan fingerprint density at radius 1 is 1.06 bits per heavy atom. The molecule has 3 rings (SSSR count). The molecule has 1 amide bonds. The molecule has 32 heavy (non-hydrogen) atoms. The predicted molar refractivity (Wildman–Crippen MR) is 146 cm³/mol. The first-order chi connectivity index (χ1) is 15.0. The van der Waals surface area contributed by atoms with Crippen molar-refractivity contribution in [2.75, 3.05) is 5.32 Å². The molecule has 0 radical (unpaired) electrons. The smallest absolute Gasteiger partial charge is 0.228 e. The molecule has 10 heteroatoms. The predicted octanol–water partition coefficient (Wildman–Crippen LogP) is 7.01. The lowest BCUT2D eigenvalue weighted by atomic mass is 10.0. The van der Waals surface area contributed by atoms with Gasteiger partial charge in [-0.05, 0) is 69.1 Å². The van der Waals surface area contributed by atoms with Crippen molar-refractivity contribution in [1.82, 2.24) is 10.6 Å². The maximum atomic E-state index is 12.8. The van der Waals surface area contributed by atoms with Crippen LogP contribution in [0, 0.1) is 6.92 Å². The molecule has 0 bridgehead atoms. The number of halogens is 5. The topological polar surface area (TPSA) is 53.2 Å². The number of carbonyl (C=O) groups excluding carboxylic acids is 1. The Morgan fingerprint density at radius 2 is 1.75 bits per heavy atom. The van der Waals surface area contributed by atoms with E-state index in [0.29, 0.717) is 0 Å². The van der Waals surface area contributed by atoms with E-state index in [-0.39, 0.29) is 17.4 Å². The number of rotatable bonds is 5. The highest BCUT2D eigenvalue weighted by Crippen LogP contribution is 2.31. The van der Waals surface area contributed by atoms with E-state index < -0.39 is 9.96 Å². The molecule has 0 aromatic heterocycles. The van der Waals surface area contributed by atoms with Crippen molar-refractivity contribution in [3.05, 3.63) is 74.7 Å². The number of aryl methyl sites for hydroxylation is 1. The number of thiocarbonyl (C=S) groups is 1. The van der Waals surface area contributed by atoms with Crippen molar-refractivity contribution >= 4 is 106 Å². The number of anilines is 1. The molecule has 0 saturated carbocycles. The SMILES string of the molecule is Cc1cc(Br)cc(Br)c1NC(=S)N[C@@H](NC(=O)Cc1cccc2ccccc12)C(Cl)(Cl)Cl. The number of nitrogens with one attached hydrogen (secondary N) is 3. The van der Waals surface area contributed by atoms with E-state index >= 15 is 0 Å². The molecule has 0 saturated heterocycles. The molecule has 0 spiro atoms. The zero-order chi connectivity index (χ0) is 23.5. The quantitative estimate of drug-likeness (QED) is 0.160. The van der Waals surface area contributed by atoms with Gasteiger partial charge in [0.15, 0.2) is 5.11 Å². The average molecular weight is 639 g/mol. The van der Waals surface area contributed by atoms with Crippen molar-refractivity contribution < 1.29 is 4.79 Å². The summed E-state index contributed by atoms with van der Waals surface area (Å²) in [6.45, 7) is 1.93. The third-order valence-corrected chi connectivity index (χ3v) is 6.59. The summed E-state index contributed by atoms with van der Waals surface area (Å²) in [4.78, 5) is 12.8. The van der Waals surface area contributed by atoms with Crippen LogP contribution in [0.15, 0.2) is 63.5 Å². The van der Waals surface area contributed by atoms with Crippen LogP contribution in [-0.2, 0) is 11.2 Å². The highest BCUT2D eigenvalue weighted by atomic mass is 79.9. The minimum atomic E-state index is -1.84. The highest BCUT2D eigenvalue weighted by molar-refractivity contribution is 9.11. The number of fused-ring (bicyclic) bond motifs is 1. The molecule has 0 fully saturated rings. The second-order valence-electron chi connectivity index (χ2n) is 7.04. The van der Waals surface area contributed by atoms with E-state index in [2.05, 4.69) is 47.8 Å². The monoisotopic (exact) mass is 635 g/mol. The molecule has 168 valence electrons. The molecule has 4 nitrogen and oxygen atoms in total. The second-order valence-corrected chi connectivity index (χ2v) is 11.6. The largest absolute Gasteiger partial charge is 0.339 e. The summed E-state index contributed by atoms with van der Waals surface area (Å²) in [6.07, 6.45) is -0.929. The van der Waals surface area contributed by atoms with Gasteiger partial charge in [0.25, 0.3) is 0 Å². The van der Waals surface area contributed by atoms with Gasteiger partial charge in [-0.15, -0.1) is 0 Å². The van der Waals surface area contributed by atoms with E-state index in [9.17, 15) is 4.79 Å². The van der Waals surface area contributed by atoms with E-state index in [4.69, 9.17) is 47.0 Å². The van der Waals surface area contributed by atoms with Crippen LogP contribution in [0.1, 0.15) is 11.1 Å². The number of carbonyl (C=O) groups is 1. The summed E-state index contributed by atoms with van der Waals surface area (Å²) in [7, 11) is 0. The van der Waals surface area contributed by atoms with Crippen LogP contribution in [0.3, 0.4) is 0 Å². The third kappa shape index (κ3) is 6.72. The van der Waals surface area contributed by atoms with Crippen LogP contribution in [0.2, 0.25) is 0 Å². The molecule has 0 aliphatic rings. The van der Waals surface area contributed by atoms with Crippen LogP contribution in [0.5, 0.6) is 0 Å². The lowest BCUT2D eigenvalue weighted by Crippen LogP contribution is -2.56. The first-order valence-electron chi connectivity index (χ1n) is 9.40. The van der Waals surface area contributed by atoms with Gasteiger partial charge in [-0.25, -0.2) is 0 Å². The fourth-order valence-corrected chi connectivity index (χ4v) is 5.26. The van der Waals surface area contributed by atoms with Crippen molar-refractivity contribution in [2.45, 2.75) is 23.3 Å². The van der Waals surface area contributed by atoms with E-state index in [1.54, 1.807) is 0 Å². The number of hydrogen-bond acceptors (Lipinski definition) is 2. The fraction of sp³-hybridized carbons (Fsp3) is 0.182. The van der Waals surface area contributed by atoms with Gasteiger partial charge in [0.2, 0.25) is 9.70 Å². The average Bonchev–Trinajstić information content (AvgIpc) is 2.70. The zero-order valence-corrected chi connectivity index (χ0v) is 22.9. The lowest BCUT2D eigenvalue weighted by Gasteiger charge is -2.28. The van der Waals surface area contributed by atoms with Crippen LogP contribution in [0.25, 0.3) is 10.8 Å². The van der Waals surface area contributed by atoms with Crippen LogP contribution >= 0.6 is 78.9 Å². The summed E-state index contributed by atoms with van der Waals surface area (Å²) in [5, 5.41) is 10.9. The van der Waals surface area contributed by atoms with Crippen molar-refractivity contribution in [3.8, 4) is 0 Å². The van der Waals surface area contributed by atoms with E-state index in [0.717, 1.165) is 36.5 Å². The summed E-state index contributed by atoms with van der Waals surface area (Å²) in [6, 6.07) is 17.5. The van der Waals surface area contributed by atoms with Crippen molar-refractivity contribution in [3.63, 3.8) is 0 Å². The van der Waals surface area contributed by atoms with E-state index in [1.807, 2.05) is 61.5 Å². The number of alkyl halides is 3. The van der Waals surface area contributed by atoms with Gasteiger partial charge >= 0.3 is 0 Å². The van der Waals surface area contributed by atoms with Gasteiger partial charge < -0.3 is 16.0 Å². The Bertz CT molecular complexity index is 1140. The minimum Gasteiger partial charge on any atom is -0.339 e. The first-order valence-corrected chi connectivity index (χ1v) is 12.5. The number of amides is 1.